The van der Waals surface area contributed by atoms with Crippen molar-refractivity contribution in [3.63, 3.8) is 0 Å². The highest BCUT2D eigenvalue weighted by Crippen LogP contribution is 2.28. The van der Waals surface area contributed by atoms with Crippen molar-refractivity contribution in [1.29, 1.82) is 0 Å². The Labute approximate surface area is 87.1 Å². The number of nitrogens with one attached hydrogen (secondary N) is 1. The fourth-order valence-electron chi connectivity index (χ4n) is 1.43. The summed E-state index contributed by atoms with van der Waals surface area (Å²) < 4.78 is 0. The molecule has 1 N–H and O–H groups in total. The molecule has 1 saturated carbocycles. The molecule has 5 heteroatoms. The zero-order chi connectivity index (χ0) is 10.8. The van der Waals surface area contributed by atoms with Crippen LogP contribution in [0.5, 0.6) is 0 Å². The number of hydrogen-bond acceptors (Lipinski definition) is 3. The van der Waals surface area contributed by atoms with Crippen molar-refractivity contribution in [2.75, 3.05) is 13.1 Å². The van der Waals surface area contributed by atoms with E-state index in [1.165, 1.54) is 12.2 Å². The molecule has 2 aliphatic rings. The molecule has 80 valence electrons. The van der Waals surface area contributed by atoms with Crippen LogP contribution in [-0.2, 0) is 14.4 Å². The van der Waals surface area contributed by atoms with Crippen molar-refractivity contribution in [3.05, 3.63) is 12.2 Å². The number of carbonyl (C=O) groups is 3. The Kier molecular flexibility index (Phi) is 2.53. The van der Waals surface area contributed by atoms with Crippen LogP contribution in [0.1, 0.15) is 12.8 Å². The van der Waals surface area contributed by atoms with E-state index in [-0.39, 0.29) is 30.2 Å². The van der Waals surface area contributed by atoms with Gasteiger partial charge in [0.25, 0.3) is 11.8 Å². The van der Waals surface area contributed by atoms with E-state index < -0.39 is 0 Å². The van der Waals surface area contributed by atoms with Crippen LogP contribution in [-0.4, -0.2) is 35.7 Å². The zero-order valence-electron chi connectivity index (χ0n) is 8.23. The van der Waals surface area contributed by atoms with Crippen molar-refractivity contribution in [1.82, 2.24) is 10.2 Å². The van der Waals surface area contributed by atoms with Crippen molar-refractivity contribution >= 4 is 17.7 Å². The van der Waals surface area contributed by atoms with E-state index in [0.717, 1.165) is 17.7 Å². The Morgan fingerprint density at radius 1 is 1.33 bits per heavy atom. The topological polar surface area (TPSA) is 66.5 Å². The van der Waals surface area contributed by atoms with Gasteiger partial charge < -0.3 is 5.32 Å². The van der Waals surface area contributed by atoms with Crippen LogP contribution >= 0.6 is 0 Å². The molecule has 1 heterocycles. The molecule has 0 bridgehead atoms. The van der Waals surface area contributed by atoms with Gasteiger partial charge in [0.15, 0.2) is 0 Å². The molecule has 1 fully saturated rings. The number of hydrogen-bond donors (Lipinski definition) is 1. The van der Waals surface area contributed by atoms with Gasteiger partial charge in [-0.1, -0.05) is 0 Å². The summed E-state index contributed by atoms with van der Waals surface area (Å²) in [5, 5.41) is 2.70. The van der Waals surface area contributed by atoms with Crippen LogP contribution in [0.3, 0.4) is 0 Å². The van der Waals surface area contributed by atoms with Crippen LogP contribution < -0.4 is 5.32 Å². The number of rotatable bonds is 4. The standard InChI is InChI=1S/C10H12N2O3/c13-8-3-4-9(14)12(8)6-5-11-10(15)7-1-2-7/h3-4,7H,1-2,5-6H2,(H,11,15). The highest BCUT2D eigenvalue weighted by molar-refractivity contribution is 6.12. The average molecular weight is 208 g/mol. The molecule has 0 unspecified atom stereocenters. The van der Waals surface area contributed by atoms with Gasteiger partial charge in [-0.15, -0.1) is 0 Å². The van der Waals surface area contributed by atoms with Crippen LogP contribution in [0.15, 0.2) is 12.2 Å². The summed E-state index contributed by atoms with van der Waals surface area (Å²) in [4.78, 5) is 34.6. The van der Waals surface area contributed by atoms with E-state index in [9.17, 15) is 14.4 Å². The van der Waals surface area contributed by atoms with Crippen molar-refractivity contribution in [3.8, 4) is 0 Å². The molecule has 0 aromatic heterocycles. The third kappa shape index (κ3) is 2.23. The largest absolute Gasteiger partial charge is 0.354 e. The summed E-state index contributed by atoms with van der Waals surface area (Å²) in [6, 6.07) is 0. The summed E-state index contributed by atoms with van der Waals surface area (Å²) in [5.74, 6) is -0.420. The molecule has 0 saturated heterocycles. The molecule has 0 aromatic rings. The maximum absolute atomic E-state index is 11.2. The fourth-order valence-corrected chi connectivity index (χ4v) is 1.43. The Bertz CT molecular complexity index is 327. The lowest BCUT2D eigenvalue weighted by atomic mass is 10.4. The first kappa shape index (κ1) is 9.89. The Balaban J connectivity index is 1.71. The Hall–Kier alpha value is -1.65. The zero-order valence-corrected chi connectivity index (χ0v) is 8.23. The third-order valence-corrected chi connectivity index (χ3v) is 2.48. The molecular formula is C10H12N2O3. The minimum atomic E-state index is -0.305. The van der Waals surface area contributed by atoms with Gasteiger partial charge in [-0.2, -0.15) is 0 Å². The van der Waals surface area contributed by atoms with Gasteiger partial charge in [-0.25, -0.2) is 0 Å². The number of imide groups is 1. The maximum Gasteiger partial charge on any atom is 0.253 e. The van der Waals surface area contributed by atoms with E-state index >= 15 is 0 Å². The predicted molar refractivity (Wildman–Crippen MR) is 51.6 cm³/mol. The SMILES string of the molecule is O=C(NCCN1C(=O)C=CC1=O)C1CC1. The Morgan fingerprint density at radius 2 is 1.93 bits per heavy atom. The van der Waals surface area contributed by atoms with E-state index in [2.05, 4.69) is 5.32 Å². The van der Waals surface area contributed by atoms with Gasteiger partial charge in [0.2, 0.25) is 5.91 Å². The van der Waals surface area contributed by atoms with Gasteiger partial charge in [0.1, 0.15) is 0 Å². The van der Waals surface area contributed by atoms with Gasteiger partial charge >= 0.3 is 0 Å². The summed E-state index contributed by atoms with van der Waals surface area (Å²) >= 11 is 0. The number of amides is 3. The summed E-state index contributed by atoms with van der Waals surface area (Å²) in [6.07, 6.45) is 4.39. The second-order valence-electron chi connectivity index (χ2n) is 3.73. The van der Waals surface area contributed by atoms with Crippen molar-refractivity contribution in [2.24, 2.45) is 5.92 Å². The molecule has 0 spiro atoms. The normalized spacial score (nSPS) is 19.9. The first-order chi connectivity index (χ1) is 7.18. The molecule has 0 aromatic carbocycles. The van der Waals surface area contributed by atoms with E-state index in [0.29, 0.717) is 6.54 Å². The summed E-state index contributed by atoms with van der Waals surface area (Å²) in [5.41, 5.74) is 0. The molecule has 5 nitrogen and oxygen atoms in total. The number of carbonyl (C=O) groups excluding carboxylic acids is 3. The highest BCUT2D eigenvalue weighted by Gasteiger charge is 2.29. The van der Waals surface area contributed by atoms with E-state index in [1.54, 1.807) is 0 Å². The summed E-state index contributed by atoms with van der Waals surface area (Å²) in [6.45, 7) is 0.595. The minimum Gasteiger partial charge on any atom is -0.354 e. The monoisotopic (exact) mass is 208 g/mol. The van der Waals surface area contributed by atoms with Gasteiger partial charge in [0.05, 0.1) is 0 Å². The average Bonchev–Trinajstić information content (AvgIpc) is 2.99. The lowest BCUT2D eigenvalue weighted by Crippen LogP contribution is -2.38. The first-order valence-electron chi connectivity index (χ1n) is 5.00. The van der Waals surface area contributed by atoms with Gasteiger partial charge in [0, 0.05) is 31.2 Å². The summed E-state index contributed by atoms with van der Waals surface area (Å²) in [7, 11) is 0. The minimum absolute atomic E-state index is 0.0297. The van der Waals surface area contributed by atoms with Crippen molar-refractivity contribution < 1.29 is 14.4 Å². The molecular weight excluding hydrogens is 196 g/mol. The molecule has 1 aliphatic heterocycles. The predicted octanol–water partition coefficient (Wildman–Crippen LogP) is -0.562. The molecule has 0 atom stereocenters. The van der Waals surface area contributed by atoms with Gasteiger partial charge in [-0.3, -0.25) is 19.3 Å². The fraction of sp³-hybridized carbons (Fsp3) is 0.500. The quantitative estimate of drug-likeness (QED) is 0.630. The van der Waals surface area contributed by atoms with Crippen LogP contribution in [0.2, 0.25) is 0 Å². The van der Waals surface area contributed by atoms with Crippen LogP contribution in [0.4, 0.5) is 0 Å². The van der Waals surface area contributed by atoms with Gasteiger partial charge in [-0.05, 0) is 12.8 Å². The molecule has 15 heavy (non-hydrogen) atoms. The molecule has 3 amide bonds. The van der Waals surface area contributed by atoms with Crippen LogP contribution in [0.25, 0.3) is 0 Å². The second-order valence-corrected chi connectivity index (χ2v) is 3.73. The molecule has 1 aliphatic carbocycles. The first-order valence-corrected chi connectivity index (χ1v) is 5.00. The smallest absolute Gasteiger partial charge is 0.253 e. The van der Waals surface area contributed by atoms with E-state index in [1.807, 2.05) is 0 Å². The lowest BCUT2D eigenvalue weighted by molar-refractivity contribution is -0.137. The Morgan fingerprint density at radius 3 is 2.47 bits per heavy atom. The van der Waals surface area contributed by atoms with E-state index in [4.69, 9.17) is 0 Å². The highest BCUT2D eigenvalue weighted by atomic mass is 16.2. The molecule has 0 radical (unpaired) electrons. The van der Waals surface area contributed by atoms with Crippen LogP contribution in [0, 0.1) is 5.92 Å². The third-order valence-electron chi connectivity index (χ3n) is 2.48. The lowest BCUT2D eigenvalue weighted by Gasteiger charge is -2.13. The molecule has 2 rings (SSSR count). The maximum atomic E-state index is 11.2. The van der Waals surface area contributed by atoms with Crippen molar-refractivity contribution in [2.45, 2.75) is 12.8 Å². The second kappa shape index (κ2) is 3.84. The number of nitrogens with zero attached hydrogens (tertiary/aromatic N) is 1.